The third-order valence-electron chi connectivity index (χ3n) is 3.57. The summed E-state index contributed by atoms with van der Waals surface area (Å²) in [6.45, 7) is 3.91. The lowest BCUT2D eigenvalue weighted by molar-refractivity contribution is 0.935. The molecule has 0 aliphatic heterocycles. The number of aromatic nitrogens is 6. The minimum absolute atomic E-state index is 0.571. The van der Waals surface area contributed by atoms with Crippen molar-refractivity contribution >= 4 is 39.9 Å². The first-order valence-electron chi connectivity index (χ1n) is 7.20. The molecule has 0 saturated heterocycles. The van der Waals surface area contributed by atoms with E-state index < -0.39 is 0 Å². The van der Waals surface area contributed by atoms with Crippen LogP contribution in [-0.4, -0.2) is 29.8 Å². The van der Waals surface area contributed by atoms with Crippen LogP contribution in [-0.2, 0) is 6.42 Å². The second-order valence-corrected chi connectivity index (χ2v) is 6.42. The van der Waals surface area contributed by atoms with Crippen molar-refractivity contribution in [3.8, 4) is 0 Å². The van der Waals surface area contributed by atoms with E-state index in [1.807, 2.05) is 38.1 Å². The highest BCUT2D eigenvalue weighted by atomic mass is 35.5. The van der Waals surface area contributed by atoms with Gasteiger partial charge in [-0.05, 0) is 24.8 Å². The largest absolute Gasteiger partial charge is 0.262 e. The summed E-state index contributed by atoms with van der Waals surface area (Å²) < 4.78 is 1.78. The Labute approximate surface area is 141 Å². The summed E-state index contributed by atoms with van der Waals surface area (Å²) in [5.74, 6) is 0.858. The number of para-hydroxylation sites is 1. The molecule has 4 rings (SSSR count). The van der Waals surface area contributed by atoms with E-state index in [0.717, 1.165) is 33.9 Å². The molecule has 0 fully saturated rings. The summed E-state index contributed by atoms with van der Waals surface area (Å²) in [4.78, 5) is 9.13. The van der Waals surface area contributed by atoms with Crippen LogP contribution < -0.4 is 0 Å². The van der Waals surface area contributed by atoms with E-state index in [1.54, 1.807) is 4.52 Å². The standard InChI is InChI=1S/C15H13ClN6S/c1-3-11-17-15(20-19-11)23-14-9-6-4-5-7-10(9)22-13(18-14)12(16)8(2)21-22/h4-7H,3H2,1-2H3,(H,17,19,20). The maximum Gasteiger partial charge on any atom is 0.214 e. The summed E-state index contributed by atoms with van der Waals surface area (Å²) in [6, 6.07) is 7.98. The molecular weight excluding hydrogens is 332 g/mol. The van der Waals surface area contributed by atoms with Gasteiger partial charge in [0.15, 0.2) is 5.65 Å². The van der Waals surface area contributed by atoms with Crippen molar-refractivity contribution in [2.45, 2.75) is 30.5 Å². The van der Waals surface area contributed by atoms with Gasteiger partial charge in [0.05, 0.1) is 11.2 Å². The molecule has 4 aromatic rings. The summed E-state index contributed by atoms with van der Waals surface area (Å²) in [7, 11) is 0. The highest BCUT2D eigenvalue weighted by molar-refractivity contribution is 7.99. The van der Waals surface area contributed by atoms with Gasteiger partial charge in [-0.2, -0.15) is 5.10 Å². The minimum atomic E-state index is 0.571. The Hall–Kier alpha value is -2.12. The van der Waals surface area contributed by atoms with E-state index in [-0.39, 0.29) is 0 Å². The predicted octanol–water partition coefficient (Wildman–Crippen LogP) is 3.68. The van der Waals surface area contributed by atoms with Gasteiger partial charge in [0.2, 0.25) is 5.16 Å². The monoisotopic (exact) mass is 344 g/mol. The molecule has 0 amide bonds. The van der Waals surface area contributed by atoms with Gasteiger partial charge in [-0.1, -0.05) is 36.7 Å². The SMILES string of the molecule is CCc1nc(Sc2nc3c(Cl)c(C)nn3c3ccccc23)n[nH]1. The number of fused-ring (bicyclic) bond motifs is 3. The van der Waals surface area contributed by atoms with Crippen LogP contribution in [0, 0.1) is 6.92 Å². The normalized spacial score (nSPS) is 11.6. The first-order valence-corrected chi connectivity index (χ1v) is 8.39. The van der Waals surface area contributed by atoms with Crippen LogP contribution in [0.5, 0.6) is 0 Å². The van der Waals surface area contributed by atoms with E-state index in [4.69, 9.17) is 16.6 Å². The molecule has 23 heavy (non-hydrogen) atoms. The molecular formula is C15H13ClN6S. The molecule has 1 aromatic carbocycles. The van der Waals surface area contributed by atoms with Crippen molar-refractivity contribution in [2.75, 3.05) is 0 Å². The fraction of sp³-hybridized carbons (Fsp3) is 0.200. The highest BCUT2D eigenvalue weighted by Crippen LogP contribution is 2.33. The Balaban J connectivity index is 1.94. The van der Waals surface area contributed by atoms with Crippen LogP contribution in [0.25, 0.3) is 16.6 Å². The van der Waals surface area contributed by atoms with Crippen LogP contribution >= 0.6 is 23.4 Å². The molecule has 0 saturated carbocycles. The van der Waals surface area contributed by atoms with Crippen LogP contribution in [0.3, 0.4) is 0 Å². The highest BCUT2D eigenvalue weighted by Gasteiger charge is 2.16. The molecule has 6 nitrogen and oxygen atoms in total. The second-order valence-electron chi connectivity index (χ2n) is 5.09. The number of nitrogens with one attached hydrogen (secondary N) is 1. The number of rotatable bonds is 3. The fourth-order valence-electron chi connectivity index (χ4n) is 2.40. The first kappa shape index (κ1) is 14.5. The second kappa shape index (κ2) is 5.50. The van der Waals surface area contributed by atoms with Crippen LogP contribution in [0.4, 0.5) is 0 Å². The van der Waals surface area contributed by atoms with Crippen molar-refractivity contribution in [1.82, 2.24) is 29.8 Å². The van der Waals surface area contributed by atoms with E-state index >= 15 is 0 Å². The van der Waals surface area contributed by atoms with Gasteiger partial charge in [-0.25, -0.2) is 14.5 Å². The summed E-state index contributed by atoms with van der Waals surface area (Å²) in [6.07, 6.45) is 0.814. The molecule has 0 aliphatic rings. The van der Waals surface area contributed by atoms with E-state index in [1.165, 1.54) is 11.8 Å². The van der Waals surface area contributed by atoms with Gasteiger partial charge in [0.25, 0.3) is 0 Å². The number of hydrogen-bond donors (Lipinski definition) is 1. The zero-order valence-corrected chi connectivity index (χ0v) is 14.1. The van der Waals surface area contributed by atoms with Gasteiger partial charge < -0.3 is 0 Å². The summed E-state index contributed by atoms with van der Waals surface area (Å²) >= 11 is 7.77. The fourth-order valence-corrected chi connectivity index (χ4v) is 3.40. The number of aromatic amines is 1. The molecule has 8 heteroatoms. The maximum atomic E-state index is 6.35. The molecule has 0 spiro atoms. The predicted molar refractivity (Wildman–Crippen MR) is 90.1 cm³/mol. The summed E-state index contributed by atoms with van der Waals surface area (Å²) in [5, 5.41) is 14.7. The van der Waals surface area contributed by atoms with E-state index in [2.05, 4.69) is 20.3 Å². The average molecular weight is 345 g/mol. The lowest BCUT2D eigenvalue weighted by atomic mass is 10.2. The Morgan fingerprint density at radius 2 is 2.09 bits per heavy atom. The van der Waals surface area contributed by atoms with Gasteiger partial charge >= 0.3 is 0 Å². The molecule has 0 radical (unpaired) electrons. The maximum absolute atomic E-state index is 6.35. The number of benzene rings is 1. The zero-order chi connectivity index (χ0) is 16.0. The average Bonchev–Trinajstić information content (AvgIpc) is 3.14. The Morgan fingerprint density at radius 3 is 2.87 bits per heavy atom. The van der Waals surface area contributed by atoms with E-state index in [9.17, 15) is 0 Å². The quantitative estimate of drug-likeness (QED) is 0.574. The third kappa shape index (κ3) is 2.36. The lowest BCUT2D eigenvalue weighted by Gasteiger charge is -2.05. The summed E-state index contributed by atoms with van der Waals surface area (Å²) in [5.41, 5.74) is 2.37. The topological polar surface area (TPSA) is 71.8 Å². The molecule has 3 heterocycles. The molecule has 3 aromatic heterocycles. The third-order valence-corrected chi connectivity index (χ3v) is 4.88. The molecule has 0 aliphatic carbocycles. The van der Waals surface area contributed by atoms with E-state index in [0.29, 0.717) is 15.8 Å². The molecule has 0 unspecified atom stereocenters. The van der Waals surface area contributed by atoms with Gasteiger partial charge in [0, 0.05) is 11.8 Å². The van der Waals surface area contributed by atoms with Crippen LogP contribution in [0.1, 0.15) is 18.4 Å². The lowest BCUT2D eigenvalue weighted by Crippen LogP contribution is -1.96. The molecule has 1 N–H and O–H groups in total. The van der Waals surface area contributed by atoms with Crippen molar-refractivity contribution in [1.29, 1.82) is 0 Å². The number of nitrogens with zero attached hydrogens (tertiary/aromatic N) is 5. The zero-order valence-electron chi connectivity index (χ0n) is 12.5. The van der Waals surface area contributed by atoms with Crippen LogP contribution in [0.2, 0.25) is 5.02 Å². The smallest absolute Gasteiger partial charge is 0.214 e. The molecule has 0 bridgehead atoms. The van der Waals surface area contributed by atoms with Gasteiger partial charge in [-0.3, -0.25) is 5.10 Å². The Morgan fingerprint density at radius 1 is 1.26 bits per heavy atom. The van der Waals surface area contributed by atoms with Crippen molar-refractivity contribution < 1.29 is 0 Å². The Bertz CT molecular complexity index is 1020. The van der Waals surface area contributed by atoms with Crippen molar-refractivity contribution in [3.05, 3.63) is 40.8 Å². The number of aryl methyl sites for hydroxylation is 2. The van der Waals surface area contributed by atoms with Gasteiger partial charge in [0.1, 0.15) is 15.9 Å². The van der Waals surface area contributed by atoms with Gasteiger partial charge in [-0.15, -0.1) is 5.10 Å². The first-order chi connectivity index (χ1) is 11.2. The molecule has 0 atom stereocenters. The molecule has 116 valence electrons. The Kier molecular flexibility index (Phi) is 3.46. The number of hydrogen-bond acceptors (Lipinski definition) is 5. The number of halogens is 1. The number of H-pyrrole nitrogens is 1. The van der Waals surface area contributed by atoms with Crippen LogP contribution in [0.15, 0.2) is 34.4 Å². The minimum Gasteiger partial charge on any atom is -0.262 e. The van der Waals surface area contributed by atoms with Crippen molar-refractivity contribution in [2.24, 2.45) is 0 Å². The van der Waals surface area contributed by atoms with Crippen molar-refractivity contribution in [3.63, 3.8) is 0 Å².